The number of hydrogen-bond donors (Lipinski definition) is 1. The molecule has 1 heterocycles. The maximum atomic E-state index is 11.6. The predicted octanol–water partition coefficient (Wildman–Crippen LogP) is 2.14. The van der Waals surface area contributed by atoms with Crippen LogP contribution in [-0.4, -0.2) is 34.2 Å². The highest BCUT2D eigenvalue weighted by atomic mass is 35.5. The lowest BCUT2D eigenvalue weighted by molar-refractivity contribution is -0.153. The van der Waals surface area contributed by atoms with Crippen LogP contribution < -0.4 is 0 Å². The van der Waals surface area contributed by atoms with Crippen molar-refractivity contribution in [2.75, 3.05) is 6.54 Å². The van der Waals surface area contributed by atoms with Crippen molar-refractivity contribution < 1.29 is 19.4 Å². The number of carboxylic acids is 1. The number of carbonyl (C=O) groups excluding carboxylic acids is 1. The number of amides is 1. The van der Waals surface area contributed by atoms with Crippen LogP contribution in [0.25, 0.3) is 0 Å². The van der Waals surface area contributed by atoms with Gasteiger partial charge in [0.15, 0.2) is 0 Å². The number of nitrogens with zero attached hydrogens (tertiary/aromatic N) is 1. The molecule has 0 spiro atoms. The Morgan fingerprint density at radius 1 is 1.50 bits per heavy atom. The summed E-state index contributed by atoms with van der Waals surface area (Å²) in [5, 5.41) is 9.60. The molecule has 1 aromatic carbocycles. The number of ether oxygens (including phenoxy) is 1. The Morgan fingerprint density at radius 2 is 2.11 bits per heavy atom. The number of benzene rings is 1. The lowest BCUT2D eigenvalue weighted by Crippen LogP contribution is -2.39. The highest BCUT2D eigenvalue weighted by Gasteiger charge is 2.47. The molecule has 0 saturated carbocycles. The van der Waals surface area contributed by atoms with Gasteiger partial charge in [0.05, 0.1) is 6.54 Å². The summed E-state index contributed by atoms with van der Waals surface area (Å²) in [5.41, 5.74) is -0.602. The first-order chi connectivity index (χ1) is 8.40. The van der Waals surface area contributed by atoms with Crippen LogP contribution in [0.15, 0.2) is 24.3 Å². The highest BCUT2D eigenvalue weighted by molar-refractivity contribution is 6.30. The van der Waals surface area contributed by atoms with E-state index in [4.69, 9.17) is 21.4 Å². The number of hydrogen-bond acceptors (Lipinski definition) is 3. The highest BCUT2D eigenvalue weighted by Crippen LogP contribution is 2.24. The molecule has 1 N–H and O–H groups in total. The molecule has 0 aromatic heterocycles. The van der Waals surface area contributed by atoms with Crippen LogP contribution in [-0.2, 0) is 16.1 Å². The molecule has 1 aromatic rings. The molecule has 1 aliphatic rings. The van der Waals surface area contributed by atoms with Crippen LogP contribution in [0.4, 0.5) is 4.79 Å². The van der Waals surface area contributed by atoms with Crippen LogP contribution in [0, 0.1) is 0 Å². The summed E-state index contributed by atoms with van der Waals surface area (Å²) in [7, 11) is 0. The van der Waals surface area contributed by atoms with Gasteiger partial charge in [-0.25, -0.2) is 9.59 Å². The van der Waals surface area contributed by atoms with E-state index in [9.17, 15) is 9.59 Å². The average molecular weight is 270 g/mol. The molecule has 96 valence electrons. The van der Waals surface area contributed by atoms with E-state index in [1.807, 2.05) is 0 Å². The van der Waals surface area contributed by atoms with Crippen molar-refractivity contribution in [1.29, 1.82) is 0 Å². The van der Waals surface area contributed by atoms with Crippen LogP contribution in [0.2, 0.25) is 5.02 Å². The van der Waals surface area contributed by atoms with E-state index >= 15 is 0 Å². The number of cyclic esters (lactones) is 1. The molecule has 0 bridgehead atoms. The van der Waals surface area contributed by atoms with Crippen molar-refractivity contribution in [2.24, 2.45) is 0 Å². The van der Waals surface area contributed by atoms with Crippen molar-refractivity contribution in [3.05, 3.63) is 34.9 Å². The molecule has 0 aliphatic carbocycles. The first-order valence-electron chi connectivity index (χ1n) is 5.36. The van der Waals surface area contributed by atoms with Gasteiger partial charge in [0.2, 0.25) is 5.60 Å². The van der Waals surface area contributed by atoms with Crippen molar-refractivity contribution in [3.63, 3.8) is 0 Å². The maximum Gasteiger partial charge on any atom is 0.411 e. The first kappa shape index (κ1) is 12.7. The van der Waals surface area contributed by atoms with Gasteiger partial charge in [0.25, 0.3) is 0 Å². The second kappa shape index (κ2) is 4.49. The molecule has 1 atom stereocenters. The number of halogens is 1. The molecule has 18 heavy (non-hydrogen) atoms. The fourth-order valence-electron chi connectivity index (χ4n) is 1.76. The molecule has 0 radical (unpaired) electrons. The Morgan fingerprint density at radius 3 is 2.61 bits per heavy atom. The van der Waals surface area contributed by atoms with Gasteiger partial charge in [-0.15, -0.1) is 0 Å². The molecule has 1 saturated heterocycles. The summed E-state index contributed by atoms with van der Waals surface area (Å²) in [6.45, 7) is 1.72. The van der Waals surface area contributed by atoms with E-state index < -0.39 is 17.7 Å². The van der Waals surface area contributed by atoms with E-state index in [2.05, 4.69) is 0 Å². The number of carbonyl (C=O) groups is 2. The second-order valence-corrected chi connectivity index (χ2v) is 4.82. The molecule has 1 unspecified atom stereocenters. The lowest BCUT2D eigenvalue weighted by atomic mass is 10.1. The summed E-state index contributed by atoms with van der Waals surface area (Å²) in [4.78, 5) is 23.9. The fraction of sp³-hybridized carbons (Fsp3) is 0.333. The third kappa shape index (κ3) is 2.41. The molecule has 1 amide bonds. The molecular formula is C12H12ClNO4. The number of carboxylic acid groups (broad SMARTS) is 1. The zero-order valence-corrected chi connectivity index (χ0v) is 10.5. The number of rotatable bonds is 3. The SMILES string of the molecule is CC1(C(=O)O)CN(Cc2ccc(Cl)cc2)C(=O)O1. The van der Waals surface area contributed by atoms with Crippen molar-refractivity contribution >= 4 is 23.7 Å². The van der Waals surface area contributed by atoms with Crippen LogP contribution >= 0.6 is 11.6 Å². The maximum absolute atomic E-state index is 11.6. The van der Waals surface area contributed by atoms with Crippen molar-refractivity contribution in [3.8, 4) is 0 Å². The van der Waals surface area contributed by atoms with Crippen molar-refractivity contribution in [1.82, 2.24) is 4.90 Å². The van der Waals surface area contributed by atoms with Gasteiger partial charge < -0.3 is 9.84 Å². The van der Waals surface area contributed by atoms with Gasteiger partial charge >= 0.3 is 12.1 Å². The van der Waals surface area contributed by atoms with Gasteiger partial charge in [-0.1, -0.05) is 23.7 Å². The molecule has 6 heteroatoms. The van der Waals surface area contributed by atoms with Gasteiger partial charge in [0, 0.05) is 11.6 Å². The summed E-state index contributed by atoms with van der Waals surface area (Å²) in [6, 6.07) is 7.00. The van der Waals surface area contributed by atoms with Gasteiger partial charge in [-0.3, -0.25) is 4.90 Å². The topological polar surface area (TPSA) is 66.8 Å². The first-order valence-corrected chi connectivity index (χ1v) is 5.74. The van der Waals surface area contributed by atoms with E-state index in [1.165, 1.54) is 11.8 Å². The minimum Gasteiger partial charge on any atom is -0.478 e. The molecule has 1 aliphatic heterocycles. The fourth-order valence-corrected chi connectivity index (χ4v) is 1.89. The van der Waals surface area contributed by atoms with Crippen LogP contribution in [0.1, 0.15) is 12.5 Å². The third-order valence-corrected chi connectivity index (χ3v) is 3.05. The lowest BCUT2D eigenvalue weighted by Gasteiger charge is -2.16. The molecular weight excluding hydrogens is 258 g/mol. The largest absolute Gasteiger partial charge is 0.478 e. The Kier molecular flexibility index (Phi) is 3.17. The molecule has 1 fully saturated rings. The smallest absolute Gasteiger partial charge is 0.411 e. The summed E-state index contributed by atoms with van der Waals surface area (Å²) in [5.74, 6) is -1.14. The molecule has 2 rings (SSSR count). The normalized spacial score (nSPS) is 23.0. The monoisotopic (exact) mass is 269 g/mol. The van der Waals surface area contributed by atoms with E-state index in [0.29, 0.717) is 11.6 Å². The standard InChI is InChI=1S/C12H12ClNO4/c1-12(10(15)16)7-14(11(17)18-12)6-8-2-4-9(13)5-3-8/h2-5H,6-7H2,1H3,(H,15,16). The minimum atomic E-state index is -1.47. The van der Waals surface area contributed by atoms with Gasteiger partial charge in [-0.05, 0) is 24.6 Å². The molecule has 5 nitrogen and oxygen atoms in total. The summed E-state index contributed by atoms with van der Waals surface area (Å²) >= 11 is 5.76. The Bertz CT molecular complexity index is 487. The van der Waals surface area contributed by atoms with Crippen LogP contribution in [0.5, 0.6) is 0 Å². The summed E-state index contributed by atoms with van der Waals surface area (Å²) < 4.78 is 4.88. The Labute approximate surface area is 109 Å². The van der Waals surface area contributed by atoms with Crippen LogP contribution in [0.3, 0.4) is 0 Å². The van der Waals surface area contributed by atoms with E-state index in [1.54, 1.807) is 24.3 Å². The average Bonchev–Trinajstić information content (AvgIpc) is 2.59. The Hall–Kier alpha value is -1.75. The van der Waals surface area contributed by atoms with Crippen molar-refractivity contribution in [2.45, 2.75) is 19.1 Å². The third-order valence-electron chi connectivity index (χ3n) is 2.80. The van der Waals surface area contributed by atoms with Gasteiger partial charge in [0.1, 0.15) is 0 Å². The quantitative estimate of drug-likeness (QED) is 0.913. The van der Waals surface area contributed by atoms with E-state index in [0.717, 1.165) is 5.56 Å². The predicted molar refractivity (Wildman–Crippen MR) is 64.4 cm³/mol. The summed E-state index contributed by atoms with van der Waals surface area (Å²) in [6.07, 6.45) is -0.616. The Balaban J connectivity index is 2.09. The zero-order chi connectivity index (χ0) is 13.3. The number of aliphatic carboxylic acids is 1. The van der Waals surface area contributed by atoms with Gasteiger partial charge in [-0.2, -0.15) is 0 Å². The zero-order valence-electron chi connectivity index (χ0n) is 9.72. The minimum absolute atomic E-state index is 0.0315. The van der Waals surface area contributed by atoms with E-state index in [-0.39, 0.29) is 6.54 Å². The second-order valence-electron chi connectivity index (χ2n) is 4.39.